The number of halogens is 1. The molecule has 0 radical (unpaired) electrons. The van der Waals surface area contributed by atoms with E-state index in [9.17, 15) is 4.79 Å². The highest BCUT2D eigenvalue weighted by molar-refractivity contribution is 9.10. The van der Waals surface area contributed by atoms with Gasteiger partial charge in [0.2, 0.25) is 0 Å². The number of anilines is 1. The van der Waals surface area contributed by atoms with E-state index in [1.165, 1.54) is 11.3 Å². The van der Waals surface area contributed by atoms with Crippen molar-refractivity contribution in [3.05, 3.63) is 69.8 Å². The van der Waals surface area contributed by atoms with Crippen LogP contribution in [-0.2, 0) is 0 Å². The van der Waals surface area contributed by atoms with Gasteiger partial charge in [0.05, 0.1) is 12.8 Å². The molecule has 0 aliphatic heterocycles. The van der Waals surface area contributed by atoms with Crippen LogP contribution in [0.3, 0.4) is 0 Å². The number of aromatic nitrogens is 2. The summed E-state index contributed by atoms with van der Waals surface area (Å²) in [6.07, 6.45) is 1.96. The number of fused-ring (bicyclic) bond motifs is 1. The molecule has 4 aromatic rings. The lowest BCUT2D eigenvalue weighted by Gasteiger charge is -2.04. The number of carbonyl (C=O) groups is 1. The number of hydrogen-bond acceptors (Lipinski definition) is 4. The summed E-state index contributed by atoms with van der Waals surface area (Å²) in [4.78, 5) is 18.8. The van der Waals surface area contributed by atoms with E-state index >= 15 is 0 Å². The molecule has 0 spiro atoms. The minimum absolute atomic E-state index is 0.132. The van der Waals surface area contributed by atoms with Gasteiger partial charge in [0.1, 0.15) is 10.6 Å². The maximum Gasteiger partial charge on any atom is 0.267 e. The van der Waals surface area contributed by atoms with Crippen molar-refractivity contribution in [1.82, 2.24) is 9.38 Å². The van der Waals surface area contributed by atoms with Crippen molar-refractivity contribution in [3.8, 4) is 17.0 Å². The monoisotopic (exact) mass is 441 g/mol. The second-order valence-corrected chi connectivity index (χ2v) is 7.88. The van der Waals surface area contributed by atoms with Gasteiger partial charge < -0.3 is 10.1 Å². The molecular weight excluding hydrogens is 426 g/mol. The molecule has 1 amide bonds. The Morgan fingerprint density at radius 1 is 1.22 bits per heavy atom. The average molecular weight is 442 g/mol. The van der Waals surface area contributed by atoms with E-state index in [0.717, 1.165) is 37.8 Å². The van der Waals surface area contributed by atoms with Crippen LogP contribution < -0.4 is 10.1 Å². The number of nitrogens with one attached hydrogen (secondary N) is 1. The van der Waals surface area contributed by atoms with Crippen LogP contribution >= 0.6 is 27.3 Å². The van der Waals surface area contributed by atoms with E-state index < -0.39 is 0 Å². The number of benzene rings is 2. The molecule has 0 aliphatic carbocycles. The second kappa shape index (κ2) is 7.17. The number of ether oxygens (including phenoxy) is 1. The molecule has 2 aromatic carbocycles. The fourth-order valence-electron chi connectivity index (χ4n) is 2.82. The Hall–Kier alpha value is -2.64. The molecule has 136 valence electrons. The van der Waals surface area contributed by atoms with Crippen LogP contribution in [0.4, 0.5) is 5.69 Å². The second-order valence-electron chi connectivity index (χ2n) is 5.99. The Morgan fingerprint density at radius 2 is 2.00 bits per heavy atom. The van der Waals surface area contributed by atoms with Crippen molar-refractivity contribution in [1.29, 1.82) is 0 Å². The van der Waals surface area contributed by atoms with E-state index in [-0.39, 0.29) is 5.91 Å². The Morgan fingerprint density at radius 3 is 2.67 bits per heavy atom. The Kier molecular flexibility index (Phi) is 4.72. The molecule has 0 aliphatic rings. The van der Waals surface area contributed by atoms with Crippen LogP contribution in [0.25, 0.3) is 16.2 Å². The number of thiazole rings is 1. The van der Waals surface area contributed by atoms with E-state index in [0.29, 0.717) is 4.88 Å². The fraction of sp³-hybridized carbons (Fsp3) is 0.100. The number of nitrogens with zero attached hydrogens (tertiary/aromatic N) is 2. The summed E-state index contributed by atoms with van der Waals surface area (Å²) >= 11 is 4.80. The molecule has 27 heavy (non-hydrogen) atoms. The molecule has 0 saturated carbocycles. The quantitative estimate of drug-likeness (QED) is 0.461. The smallest absolute Gasteiger partial charge is 0.267 e. The van der Waals surface area contributed by atoms with Crippen LogP contribution in [0, 0.1) is 6.92 Å². The molecule has 0 fully saturated rings. The molecule has 0 atom stereocenters. The Balaban J connectivity index is 1.62. The highest BCUT2D eigenvalue weighted by Gasteiger charge is 2.18. The molecule has 5 nitrogen and oxygen atoms in total. The SMILES string of the molecule is COc1ccc(-c2cn3c(C)c(C(=O)Nc4cccc(Br)c4)sc3n2)cc1. The first kappa shape index (κ1) is 17.8. The standard InChI is InChI=1S/C20H16BrN3O2S/c1-12-18(19(25)22-15-5-3-4-14(21)10-15)27-20-23-17(11-24(12)20)13-6-8-16(26-2)9-7-13/h3-11H,1-2H3,(H,22,25). The van der Waals surface area contributed by atoms with Gasteiger partial charge in [0.15, 0.2) is 4.96 Å². The van der Waals surface area contributed by atoms with Crippen LogP contribution in [0.2, 0.25) is 0 Å². The molecule has 0 bridgehead atoms. The Bertz CT molecular complexity index is 1130. The van der Waals surface area contributed by atoms with Gasteiger partial charge in [-0.15, -0.1) is 0 Å². The summed E-state index contributed by atoms with van der Waals surface area (Å²) in [5.74, 6) is 0.676. The predicted octanol–water partition coefficient (Wildman–Crippen LogP) is 5.39. The van der Waals surface area contributed by atoms with Crippen LogP contribution in [0.15, 0.2) is 59.2 Å². The van der Waals surface area contributed by atoms with Crippen LogP contribution in [0.5, 0.6) is 5.75 Å². The largest absolute Gasteiger partial charge is 0.497 e. The first-order chi connectivity index (χ1) is 13.0. The number of imidazole rings is 1. The minimum atomic E-state index is -0.132. The molecule has 2 heterocycles. The molecule has 0 unspecified atom stereocenters. The first-order valence-electron chi connectivity index (χ1n) is 8.25. The summed E-state index contributed by atoms with van der Waals surface area (Å²) in [7, 11) is 1.64. The van der Waals surface area contributed by atoms with E-state index in [1.807, 2.05) is 66.1 Å². The summed E-state index contributed by atoms with van der Waals surface area (Å²) in [5, 5.41) is 2.94. The molecule has 1 N–H and O–H groups in total. The summed E-state index contributed by atoms with van der Waals surface area (Å²) in [6.45, 7) is 1.93. The minimum Gasteiger partial charge on any atom is -0.497 e. The first-order valence-corrected chi connectivity index (χ1v) is 9.86. The third kappa shape index (κ3) is 3.48. The predicted molar refractivity (Wildman–Crippen MR) is 112 cm³/mol. The Labute approximate surface area is 168 Å². The summed E-state index contributed by atoms with van der Waals surface area (Å²) < 4.78 is 8.07. The van der Waals surface area contributed by atoms with E-state index in [1.54, 1.807) is 7.11 Å². The lowest BCUT2D eigenvalue weighted by molar-refractivity contribution is 0.102. The van der Waals surface area contributed by atoms with Crippen molar-refractivity contribution in [2.75, 3.05) is 12.4 Å². The highest BCUT2D eigenvalue weighted by atomic mass is 79.9. The zero-order chi connectivity index (χ0) is 19.0. The van der Waals surface area contributed by atoms with Crippen molar-refractivity contribution < 1.29 is 9.53 Å². The van der Waals surface area contributed by atoms with Gasteiger partial charge >= 0.3 is 0 Å². The fourth-order valence-corrected chi connectivity index (χ4v) is 4.22. The van der Waals surface area contributed by atoms with Crippen molar-refractivity contribution in [2.24, 2.45) is 0 Å². The number of amides is 1. The topological polar surface area (TPSA) is 55.6 Å². The number of methoxy groups -OCH3 is 1. The van der Waals surface area contributed by atoms with Gasteiger partial charge in [-0.25, -0.2) is 4.98 Å². The van der Waals surface area contributed by atoms with Gasteiger partial charge in [0, 0.05) is 27.6 Å². The van der Waals surface area contributed by atoms with E-state index in [4.69, 9.17) is 4.74 Å². The van der Waals surface area contributed by atoms with Gasteiger partial charge in [-0.05, 0) is 49.4 Å². The zero-order valence-corrected chi connectivity index (χ0v) is 17.1. The highest BCUT2D eigenvalue weighted by Crippen LogP contribution is 2.29. The number of aryl methyl sites for hydroxylation is 1. The van der Waals surface area contributed by atoms with Crippen LogP contribution in [-0.4, -0.2) is 22.4 Å². The van der Waals surface area contributed by atoms with Gasteiger partial charge in [-0.1, -0.05) is 33.3 Å². The number of rotatable bonds is 4. The molecule has 2 aromatic heterocycles. The summed E-state index contributed by atoms with van der Waals surface area (Å²) in [5.41, 5.74) is 3.49. The number of carbonyl (C=O) groups excluding carboxylic acids is 1. The average Bonchev–Trinajstić information content (AvgIpc) is 3.21. The van der Waals surface area contributed by atoms with Crippen molar-refractivity contribution in [3.63, 3.8) is 0 Å². The van der Waals surface area contributed by atoms with Crippen molar-refractivity contribution >= 4 is 43.8 Å². The normalized spacial score (nSPS) is 10.9. The summed E-state index contributed by atoms with van der Waals surface area (Å²) in [6, 6.07) is 15.3. The zero-order valence-electron chi connectivity index (χ0n) is 14.7. The van der Waals surface area contributed by atoms with Gasteiger partial charge in [-0.2, -0.15) is 0 Å². The maximum atomic E-state index is 12.7. The van der Waals surface area contributed by atoms with Gasteiger partial charge in [-0.3, -0.25) is 9.20 Å². The van der Waals surface area contributed by atoms with Crippen molar-refractivity contribution in [2.45, 2.75) is 6.92 Å². The molecule has 7 heteroatoms. The van der Waals surface area contributed by atoms with Gasteiger partial charge in [0.25, 0.3) is 5.91 Å². The number of hydrogen-bond donors (Lipinski definition) is 1. The third-order valence-electron chi connectivity index (χ3n) is 4.23. The molecule has 4 rings (SSSR count). The van der Waals surface area contributed by atoms with Crippen LogP contribution in [0.1, 0.15) is 15.4 Å². The molecular formula is C20H16BrN3O2S. The lowest BCUT2D eigenvalue weighted by Crippen LogP contribution is -2.11. The maximum absolute atomic E-state index is 12.7. The van der Waals surface area contributed by atoms with E-state index in [2.05, 4.69) is 26.2 Å². The lowest BCUT2D eigenvalue weighted by atomic mass is 10.2. The molecule has 0 saturated heterocycles. The third-order valence-corrected chi connectivity index (χ3v) is 5.88.